The minimum Gasteiger partial charge on any atom is -0.379 e. The molecule has 0 aromatic carbocycles. The van der Waals surface area contributed by atoms with Crippen LogP contribution in [-0.4, -0.2) is 72.8 Å². The summed E-state index contributed by atoms with van der Waals surface area (Å²) >= 11 is 0. The zero-order valence-electron chi connectivity index (χ0n) is 13.8. The number of morpholine rings is 1. The Morgan fingerprint density at radius 2 is 2.17 bits per heavy atom. The van der Waals surface area contributed by atoms with Crippen LogP contribution in [0.3, 0.4) is 0 Å². The highest BCUT2D eigenvalue weighted by Crippen LogP contribution is 2.24. The normalized spacial score (nSPS) is 20.8. The highest BCUT2D eigenvalue weighted by Gasteiger charge is 2.32. The molecule has 2 saturated heterocycles. The molecule has 0 bridgehead atoms. The van der Waals surface area contributed by atoms with Crippen LogP contribution in [0.5, 0.6) is 0 Å². The average Bonchev–Trinajstić information content (AvgIpc) is 2.55. The fourth-order valence-electron chi connectivity index (χ4n) is 3.15. The second kappa shape index (κ2) is 7.75. The Labute approximate surface area is 137 Å². The first-order chi connectivity index (χ1) is 11.2. The molecule has 23 heavy (non-hydrogen) atoms. The minimum absolute atomic E-state index is 0.0476. The number of nitrogens with one attached hydrogen (secondary N) is 1. The van der Waals surface area contributed by atoms with Crippen LogP contribution in [0.4, 0.5) is 4.79 Å². The van der Waals surface area contributed by atoms with E-state index in [4.69, 9.17) is 4.74 Å². The van der Waals surface area contributed by atoms with Gasteiger partial charge < -0.3 is 15.0 Å². The minimum atomic E-state index is 0.0476. The fraction of sp³-hybridized carbons (Fsp3) is 0.647. The van der Waals surface area contributed by atoms with E-state index >= 15 is 0 Å². The molecule has 0 saturated carbocycles. The van der Waals surface area contributed by atoms with E-state index in [1.807, 2.05) is 29.3 Å². The largest absolute Gasteiger partial charge is 0.379 e. The van der Waals surface area contributed by atoms with Crippen molar-refractivity contribution in [2.45, 2.75) is 25.3 Å². The SMILES string of the molecule is C[C@H](CCNC(=O)N1CC(c2ccccn2)C1)N1CCOCC1. The van der Waals surface area contributed by atoms with Crippen molar-refractivity contribution >= 4 is 6.03 Å². The van der Waals surface area contributed by atoms with Gasteiger partial charge in [0.25, 0.3) is 0 Å². The van der Waals surface area contributed by atoms with Crippen LogP contribution in [0.25, 0.3) is 0 Å². The zero-order chi connectivity index (χ0) is 16.1. The number of nitrogens with zero attached hydrogens (tertiary/aromatic N) is 3. The monoisotopic (exact) mass is 318 g/mol. The highest BCUT2D eigenvalue weighted by atomic mass is 16.5. The Morgan fingerprint density at radius 3 is 2.87 bits per heavy atom. The van der Waals surface area contributed by atoms with Gasteiger partial charge in [-0.25, -0.2) is 4.79 Å². The van der Waals surface area contributed by atoms with Crippen molar-refractivity contribution in [1.29, 1.82) is 0 Å². The van der Waals surface area contributed by atoms with Crippen molar-refractivity contribution in [1.82, 2.24) is 20.1 Å². The van der Waals surface area contributed by atoms with E-state index < -0.39 is 0 Å². The zero-order valence-corrected chi connectivity index (χ0v) is 13.8. The van der Waals surface area contributed by atoms with Crippen molar-refractivity contribution in [3.05, 3.63) is 30.1 Å². The average molecular weight is 318 g/mol. The van der Waals surface area contributed by atoms with Gasteiger partial charge in [0.1, 0.15) is 0 Å². The third-order valence-electron chi connectivity index (χ3n) is 4.78. The van der Waals surface area contributed by atoms with E-state index in [0.717, 1.165) is 58.1 Å². The smallest absolute Gasteiger partial charge is 0.317 e. The number of rotatable bonds is 5. The molecule has 0 spiro atoms. The van der Waals surface area contributed by atoms with Crippen LogP contribution >= 0.6 is 0 Å². The molecular weight excluding hydrogens is 292 g/mol. The number of carbonyl (C=O) groups is 1. The van der Waals surface area contributed by atoms with Crippen LogP contribution in [0.1, 0.15) is 25.0 Å². The van der Waals surface area contributed by atoms with Gasteiger partial charge in [0.05, 0.1) is 13.2 Å². The summed E-state index contributed by atoms with van der Waals surface area (Å²) in [4.78, 5) is 20.8. The maximum Gasteiger partial charge on any atom is 0.317 e. The lowest BCUT2D eigenvalue weighted by atomic mass is 9.96. The van der Waals surface area contributed by atoms with Gasteiger partial charge in [-0.15, -0.1) is 0 Å². The molecule has 0 radical (unpaired) electrons. The third kappa shape index (κ3) is 4.20. The number of hydrogen-bond acceptors (Lipinski definition) is 4. The van der Waals surface area contributed by atoms with Gasteiger partial charge >= 0.3 is 6.03 Å². The summed E-state index contributed by atoms with van der Waals surface area (Å²) in [5, 5.41) is 3.04. The molecule has 3 rings (SSSR count). The molecular formula is C17H26N4O2. The molecule has 0 unspecified atom stereocenters. The lowest BCUT2D eigenvalue weighted by molar-refractivity contribution is 0.0187. The van der Waals surface area contributed by atoms with Crippen LogP contribution in [-0.2, 0) is 4.74 Å². The number of amides is 2. The number of likely N-dealkylation sites (tertiary alicyclic amines) is 1. The fourth-order valence-corrected chi connectivity index (χ4v) is 3.15. The van der Waals surface area contributed by atoms with Gasteiger partial charge in [0.15, 0.2) is 0 Å². The Morgan fingerprint density at radius 1 is 1.39 bits per heavy atom. The molecule has 3 heterocycles. The molecule has 126 valence electrons. The molecule has 2 fully saturated rings. The molecule has 2 amide bonds. The number of pyridine rings is 1. The van der Waals surface area contributed by atoms with E-state index in [-0.39, 0.29) is 6.03 Å². The summed E-state index contributed by atoms with van der Waals surface area (Å²) in [7, 11) is 0. The molecule has 1 N–H and O–H groups in total. The summed E-state index contributed by atoms with van der Waals surface area (Å²) < 4.78 is 5.37. The number of urea groups is 1. The first kappa shape index (κ1) is 16.2. The lowest BCUT2D eigenvalue weighted by Crippen LogP contribution is -2.53. The highest BCUT2D eigenvalue weighted by molar-refractivity contribution is 5.75. The summed E-state index contributed by atoms with van der Waals surface area (Å²) in [5.41, 5.74) is 1.08. The molecule has 2 aliphatic heterocycles. The number of ether oxygens (including phenoxy) is 1. The Hall–Kier alpha value is -1.66. The summed E-state index contributed by atoms with van der Waals surface area (Å²) in [5.74, 6) is 0.384. The van der Waals surface area contributed by atoms with Gasteiger partial charge in [-0.05, 0) is 25.5 Å². The van der Waals surface area contributed by atoms with E-state index in [1.165, 1.54) is 0 Å². The van der Waals surface area contributed by atoms with E-state index in [1.54, 1.807) is 0 Å². The van der Waals surface area contributed by atoms with Crippen molar-refractivity contribution in [3.8, 4) is 0 Å². The first-order valence-electron chi connectivity index (χ1n) is 8.49. The van der Waals surface area contributed by atoms with Crippen molar-refractivity contribution in [2.75, 3.05) is 45.9 Å². The van der Waals surface area contributed by atoms with Crippen LogP contribution in [0, 0.1) is 0 Å². The van der Waals surface area contributed by atoms with Crippen molar-refractivity contribution in [3.63, 3.8) is 0 Å². The second-order valence-electron chi connectivity index (χ2n) is 6.37. The van der Waals surface area contributed by atoms with E-state index in [9.17, 15) is 4.79 Å². The van der Waals surface area contributed by atoms with Gasteiger partial charge in [-0.2, -0.15) is 0 Å². The van der Waals surface area contributed by atoms with Gasteiger partial charge in [-0.3, -0.25) is 9.88 Å². The maximum atomic E-state index is 12.1. The third-order valence-corrected chi connectivity index (χ3v) is 4.78. The maximum absolute atomic E-state index is 12.1. The number of carbonyl (C=O) groups excluding carboxylic acids is 1. The van der Waals surface area contributed by atoms with Crippen LogP contribution in [0.15, 0.2) is 24.4 Å². The van der Waals surface area contributed by atoms with Gasteiger partial charge in [0, 0.05) is 56.6 Å². The first-order valence-corrected chi connectivity index (χ1v) is 8.49. The number of aromatic nitrogens is 1. The molecule has 2 aliphatic rings. The number of hydrogen-bond donors (Lipinski definition) is 1. The molecule has 1 aromatic rings. The van der Waals surface area contributed by atoms with E-state index in [2.05, 4.69) is 22.1 Å². The summed E-state index contributed by atoms with van der Waals surface area (Å²) in [6, 6.07) is 6.48. The Bertz CT molecular complexity index is 499. The predicted molar refractivity (Wildman–Crippen MR) is 88.4 cm³/mol. The molecule has 6 nitrogen and oxygen atoms in total. The topological polar surface area (TPSA) is 57.7 Å². The molecule has 1 aromatic heterocycles. The van der Waals surface area contributed by atoms with Gasteiger partial charge in [-0.1, -0.05) is 6.07 Å². The van der Waals surface area contributed by atoms with E-state index in [0.29, 0.717) is 12.0 Å². The summed E-state index contributed by atoms with van der Waals surface area (Å²) in [6.45, 7) is 8.10. The molecule has 1 atom stereocenters. The Balaban J connectivity index is 1.33. The lowest BCUT2D eigenvalue weighted by Gasteiger charge is -2.39. The molecule has 0 aliphatic carbocycles. The second-order valence-corrected chi connectivity index (χ2v) is 6.37. The predicted octanol–water partition coefficient (Wildman–Crippen LogP) is 1.30. The molecule has 6 heteroatoms. The van der Waals surface area contributed by atoms with Crippen molar-refractivity contribution in [2.24, 2.45) is 0 Å². The Kier molecular flexibility index (Phi) is 5.46. The summed E-state index contributed by atoms with van der Waals surface area (Å²) in [6.07, 6.45) is 2.79. The van der Waals surface area contributed by atoms with Crippen LogP contribution < -0.4 is 5.32 Å². The van der Waals surface area contributed by atoms with Crippen molar-refractivity contribution < 1.29 is 9.53 Å². The standard InChI is InChI=1S/C17H26N4O2/c1-14(20-8-10-23-11-9-20)5-7-19-17(22)21-12-15(13-21)16-4-2-3-6-18-16/h2-4,6,14-15H,5,7-13H2,1H3,(H,19,22)/t14-/m1/s1. The van der Waals surface area contributed by atoms with Crippen LogP contribution in [0.2, 0.25) is 0 Å². The quantitative estimate of drug-likeness (QED) is 0.889. The van der Waals surface area contributed by atoms with Gasteiger partial charge in [0.2, 0.25) is 0 Å².